The van der Waals surface area contributed by atoms with E-state index in [0.29, 0.717) is 17.0 Å². The first-order valence-corrected chi connectivity index (χ1v) is 9.59. The lowest BCUT2D eigenvalue weighted by molar-refractivity contribution is -0.120. The van der Waals surface area contributed by atoms with Crippen molar-refractivity contribution < 1.29 is 17.7 Å². The highest BCUT2D eigenvalue weighted by Gasteiger charge is 2.23. The van der Waals surface area contributed by atoms with Crippen LogP contribution in [0, 0.1) is 11.3 Å². The molecule has 0 unspecified atom stereocenters. The van der Waals surface area contributed by atoms with Crippen molar-refractivity contribution in [2.45, 2.75) is 4.90 Å². The fourth-order valence-corrected chi connectivity index (χ4v) is 3.35. The lowest BCUT2D eigenvalue weighted by atomic mass is 10.2. The second-order valence-electron chi connectivity index (χ2n) is 5.73. The van der Waals surface area contributed by atoms with Gasteiger partial charge >= 0.3 is 6.01 Å². The molecule has 0 aliphatic carbocycles. The Labute approximate surface area is 166 Å². The third-order valence-corrected chi connectivity index (χ3v) is 5.55. The zero-order chi connectivity index (χ0) is 20.9. The van der Waals surface area contributed by atoms with Gasteiger partial charge in [-0.2, -0.15) is 14.6 Å². The molecule has 0 radical (unpaired) electrons. The Kier molecular flexibility index (Phi) is 5.82. The molecule has 0 saturated heterocycles. The van der Waals surface area contributed by atoms with Crippen LogP contribution in [-0.4, -0.2) is 47.3 Å². The Hall–Kier alpha value is -3.82. The molecule has 0 saturated carbocycles. The van der Waals surface area contributed by atoms with Gasteiger partial charge < -0.3 is 4.52 Å². The van der Waals surface area contributed by atoms with Crippen molar-refractivity contribution in [2.75, 3.05) is 19.0 Å². The van der Waals surface area contributed by atoms with Gasteiger partial charge in [0, 0.05) is 25.0 Å². The number of hydrogen-bond donors (Lipinski definition) is 2. The summed E-state index contributed by atoms with van der Waals surface area (Å²) in [6.45, 7) is -0.458. The first-order valence-electron chi connectivity index (χ1n) is 8.15. The molecule has 3 rings (SSSR count). The van der Waals surface area contributed by atoms with E-state index in [1.165, 1.54) is 31.3 Å². The largest absolute Gasteiger partial charge is 0.340 e. The third-order valence-electron chi connectivity index (χ3n) is 3.73. The molecule has 0 spiro atoms. The highest BCUT2D eigenvalue weighted by atomic mass is 32.2. The van der Waals surface area contributed by atoms with E-state index in [1.807, 2.05) is 6.07 Å². The minimum atomic E-state index is -3.90. The molecular weight excluding hydrogens is 398 g/mol. The van der Waals surface area contributed by atoms with Gasteiger partial charge in [-0.1, -0.05) is 5.16 Å². The van der Waals surface area contributed by atoms with Gasteiger partial charge in [0.05, 0.1) is 23.1 Å². The number of carbonyl (C=O) groups is 1. The number of rotatable bonds is 7. The molecular formula is C17H15N7O4S. The van der Waals surface area contributed by atoms with E-state index < -0.39 is 22.5 Å². The Bertz CT molecular complexity index is 1140. The summed E-state index contributed by atoms with van der Waals surface area (Å²) in [6.07, 6.45) is 3.15. The van der Waals surface area contributed by atoms with Gasteiger partial charge in [-0.05, 0) is 36.4 Å². The standard InChI is InChI=1S/C17H15N7O4S/c1-24(29(26,27)14-4-2-12(10-18)3-5-14)11-15(25)21-22-17-20-16(23-28-17)13-6-8-19-9-7-13/h2-9H,11H2,1H3,(H,21,25)(H,20,22,23). The first kappa shape index (κ1) is 19.9. The minimum absolute atomic E-state index is 0.0290. The van der Waals surface area contributed by atoms with E-state index in [2.05, 4.69) is 26.0 Å². The average Bonchev–Trinajstić information content (AvgIpc) is 3.22. The minimum Gasteiger partial charge on any atom is -0.313 e. The molecule has 1 amide bonds. The number of carbonyl (C=O) groups excluding carboxylic acids is 1. The third kappa shape index (κ3) is 4.72. The Morgan fingerprint density at radius 1 is 1.21 bits per heavy atom. The number of sulfonamides is 1. The van der Waals surface area contributed by atoms with E-state index in [0.717, 1.165) is 4.31 Å². The maximum Gasteiger partial charge on any atom is 0.340 e. The van der Waals surface area contributed by atoms with Crippen molar-refractivity contribution in [3.63, 3.8) is 0 Å². The predicted octanol–water partition coefficient (Wildman–Crippen LogP) is 0.767. The second-order valence-corrected chi connectivity index (χ2v) is 7.77. The van der Waals surface area contributed by atoms with Crippen LogP contribution in [0.1, 0.15) is 5.56 Å². The summed E-state index contributed by atoms with van der Waals surface area (Å²) >= 11 is 0. The van der Waals surface area contributed by atoms with Crippen LogP contribution in [0.2, 0.25) is 0 Å². The monoisotopic (exact) mass is 413 g/mol. The van der Waals surface area contributed by atoms with Crippen LogP contribution in [0.3, 0.4) is 0 Å². The fraction of sp³-hybridized carbons (Fsp3) is 0.118. The SMILES string of the molecule is CN(CC(=O)NNc1nc(-c2ccncc2)no1)S(=O)(=O)c1ccc(C#N)cc1. The number of benzene rings is 1. The molecule has 2 heterocycles. The number of likely N-dealkylation sites (N-methyl/N-ethyl adjacent to an activating group) is 1. The Balaban J connectivity index is 1.57. The van der Waals surface area contributed by atoms with Crippen molar-refractivity contribution in [3.8, 4) is 17.5 Å². The van der Waals surface area contributed by atoms with Crippen LogP contribution >= 0.6 is 0 Å². The van der Waals surface area contributed by atoms with Gasteiger partial charge in [-0.15, -0.1) is 0 Å². The number of anilines is 1. The normalized spacial score (nSPS) is 11.1. The number of nitriles is 1. The summed E-state index contributed by atoms with van der Waals surface area (Å²) in [6, 6.07) is 10.6. The quantitative estimate of drug-likeness (QED) is 0.534. The van der Waals surface area contributed by atoms with Gasteiger partial charge in [-0.3, -0.25) is 15.2 Å². The van der Waals surface area contributed by atoms with E-state index >= 15 is 0 Å². The molecule has 29 heavy (non-hydrogen) atoms. The lowest BCUT2D eigenvalue weighted by Gasteiger charge is -2.16. The summed E-state index contributed by atoms with van der Waals surface area (Å²) in [7, 11) is -2.63. The number of aromatic nitrogens is 3. The molecule has 0 aliphatic heterocycles. The zero-order valence-electron chi connectivity index (χ0n) is 15.1. The van der Waals surface area contributed by atoms with E-state index in [-0.39, 0.29) is 10.9 Å². The average molecular weight is 413 g/mol. The number of amides is 1. The summed E-state index contributed by atoms with van der Waals surface area (Å²) in [5, 5.41) is 12.6. The summed E-state index contributed by atoms with van der Waals surface area (Å²) in [5.74, 6) is -0.349. The second kappa shape index (κ2) is 8.46. The summed E-state index contributed by atoms with van der Waals surface area (Å²) in [5.41, 5.74) is 5.73. The Morgan fingerprint density at radius 3 is 2.55 bits per heavy atom. The number of hydrogen-bond acceptors (Lipinski definition) is 9. The van der Waals surface area contributed by atoms with Crippen LogP contribution in [0.15, 0.2) is 58.2 Å². The first-order chi connectivity index (χ1) is 13.9. The van der Waals surface area contributed by atoms with Crippen molar-refractivity contribution in [1.82, 2.24) is 24.9 Å². The molecule has 11 nitrogen and oxygen atoms in total. The van der Waals surface area contributed by atoms with Gasteiger partial charge in [0.25, 0.3) is 5.91 Å². The van der Waals surface area contributed by atoms with Gasteiger partial charge in [0.15, 0.2) is 0 Å². The smallest absolute Gasteiger partial charge is 0.313 e. The number of pyridine rings is 1. The van der Waals surface area contributed by atoms with Crippen molar-refractivity contribution in [2.24, 2.45) is 0 Å². The van der Waals surface area contributed by atoms with E-state index in [1.54, 1.807) is 24.5 Å². The Morgan fingerprint density at radius 2 is 1.90 bits per heavy atom. The fourth-order valence-electron chi connectivity index (χ4n) is 2.22. The molecule has 0 bridgehead atoms. The van der Waals surface area contributed by atoms with Gasteiger partial charge in [0.1, 0.15) is 0 Å². The summed E-state index contributed by atoms with van der Waals surface area (Å²) in [4.78, 5) is 20.0. The topological polar surface area (TPSA) is 154 Å². The maximum atomic E-state index is 12.5. The van der Waals surface area contributed by atoms with Crippen molar-refractivity contribution >= 4 is 21.9 Å². The summed E-state index contributed by atoms with van der Waals surface area (Å²) < 4.78 is 30.8. The number of hydrazine groups is 1. The van der Waals surface area contributed by atoms with E-state index in [9.17, 15) is 13.2 Å². The molecule has 3 aromatic rings. The van der Waals surface area contributed by atoms with Crippen molar-refractivity contribution in [1.29, 1.82) is 5.26 Å². The molecule has 0 fully saturated rings. The molecule has 2 N–H and O–H groups in total. The van der Waals surface area contributed by atoms with Crippen LogP contribution in [0.5, 0.6) is 0 Å². The molecule has 0 atom stereocenters. The highest BCUT2D eigenvalue weighted by molar-refractivity contribution is 7.89. The van der Waals surface area contributed by atoms with Crippen molar-refractivity contribution in [3.05, 3.63) is 54.4 Å². The molecule has 0 aliphatic rings. The van der Waals surface area contributed by atoms with Crippen LogP contribution in [-0.2, 0) is 14.8 Å². The van der Waals surface area contributed by atoms with Gasteiger partial charge in [-0.25, -0.2) is 13.8 Å². The highest BCUT2D eigenvalue weighted by Crippen LogP contribution is 2.16. The van der Waals surface area contributed by atoms with Crippen LogP contribution < -0.4 is 10.9 Å². The van der Waals surface area contributed by atoms with E-state index in [4.69, 9.17) is 9.78 Å². The maximum absolute atomic E-state index is 12.5. The molecule has 1 aromatic carbocycles. The number of nitrogens with one attached hydrogen (secondary N) is 2. The molecule has 2 aromatic heterocycles. The lowest BCUT2D eigenvalue weighted by Crippen LogP contribution is -2.40. The predicted molar refractivity (Wildman–Crippen MR) is 100 cm³/mol. The van der Waals surface area contributed by atoms with Crippen LogP contribution in [0.4, 0.5) is 6.01 Å². The zero-order valence-corrected chi connectivity index (χ0v) is 15.9. The number of nitrogens with zero attached hydrogens (tertiary/aromatic N) is 5. The molecule has 12 heteroatoms. The van der Waals surface area contributed by atoms with Crippen LogP contribution in [0.25, 0.3) is 11.4 Å². The van der Waals surface area contributed by atoms with Gasteiger partial charge in [0.2, 0.25) is 15.8 Å². The molecule has 148 valence electrons.